The lowest BCUT2D eigenvalue weighted by atomic mass is 10.1. The van der Waals surface area contributed by atoms with Crippen LogP contribution in [0.3, 0.4) is 0 Å². The minimum absolute atomic E-state index is 0.00771. The van der Waals surface area contributed by atoms with E-state index in [1.165, 1.54) is 0 Å². The number of hydrogen-bond donors (Lipinski definition) is 1. The summed E-state index contributed by atoms with van der Waals surface area (Å²) < 4.78 is 1.88. The number of halogens is 1. The normalized spacial score (nSPS) is 16.7. The van der Waals surface area contributed by atoms with Gasteiger partial charge in [0, 0.05) is 62.9 Å². The number of anilines is 1. The van der Waals surface area contributed by atoms with Crippen LogP contribution in [0.25, 0.3) is 0 Å². The van der Waals surface area contributed by atoms with E-state index in [0.717, 1.165) is 43.2 Å². The lowest BCUT2D eigenvalue weighted by Gasteiger charge is -2.21. The lowest BCUT2D eigenvalue weighted by Crippen LogP contribution is -2.40. The van der Waals surface area contributed by atoms with Crippen molar-refractivity contribution in [3.8, 4) is 0 Å². The van der Waals surface area contributed by atoms with Crippen LogP contribution in [0, 0.1) is 5.92 Å². The summed E-state index contributed by atoms with van der Waals surface area (Å²) in [6.07, 6.45) is 5.67. The Morgan fingerprint density at radius 3 is 3.08 bits per heavy atom. The van der Waals surface area contributed by atoms with Crippen LogP contribution in [0.5, 0.6) is 0 Å². The van der Waals surface area contributed by atoms with E-state index in [1.807, 2.05) is 42.2 Å². The minimum atomic E-state index is -0.00771. The second-order valence-corrected chi connectivity index (χ2v) is 7.25. The number of nitrogens with zero attached hydrogens (tertiary/aromatic N) is 4. The number of urea groups is 1. The number of hydrogen-bond acceptors (Lipinski definition) is 3. The van der Waals surface area contributed by atoms with Crippen molar-refractivity contribution >= 4 is 23.3 Å². The second kappa shape index (κ2) is 8.94. The predicted molar refractivity (Wildman–Crippen MR) is 105 cm³/mol. The van der Waals surface area contributed by atoms with Gasteiger partial charge < -0.3 is 15.1 Å². The minimum Gasteiger partial charge on any atom is -0.371 e. The third kappa shape index (κ3) is 5.14. The summed E-state index contributed by atoms with van der Waals surface area (Å²) in [5.74, 6) is 0.468. The molecule has 1 aliphatic heterocycles. The molecule has 2 heterocycles. The Labute approximate surface area is 159 Å². The molecule has 1 aromatic carbocycles. The molecule has 6 nitrogen and oxygen atoms in total. The fourth-order valence-electron chi connectivity index (χ4n) is 3.28. The summed E-state index contributed by atoms with van der Waals surface area (Å²) >= 11 is 6.08. The molecule has 1 atom stereocenters. The Bertz CT molecular complexity index is 706. The topological polar surface area (TPSA) is 53.4 Å². The molecule has 3 rings (SSSR count). The molecule has 0 aliphatic carbocycles. The molecule has 1 fully saturated rings. The van der Waals surface area contributed by atoms with Crippen molar-refractivity contribution in [2.24, 2.45) is 5.92 Å². The van der Waals surface area contributed by atoms with Crippen LogP contribution < -0.4 is 10.2 Å². The van der Waals surface area contributed by atoms with Crippen LogP contribution in [-0.4, -0.2) is 53.9 Å². The molecule has 7 heteroatoms. The van der Waals surface area contributed by atoms with Gasteiger partial charge in [0.05, 0.1) is 0 Å². The molecule has 0 bridgehead atoms. The van der Waals surface area contributed by atoms with Gasteiger partial charge in [0.1, 0.15) is 0 Å². The molecular formula is C19H26ClN5O. The van der Waals surface area contributed by atoms with Gasteiger partial charge in [-0.05, 0) is 43.0 Å². The van der Waals surface area contributed by atoms with Gasteiger partial charge in [-0.1, -0.05) is 17.7 Å². The Morgan fingerprint density at radius 1 is 1.42 bits per heavy atom. The van der Waals surface area contributed by atoms with E-state index < -0.39 is 0 Å². The summed E-state index contributed by atoms with van der Waals surface area (Å²) in [5, 5.41) is 7.99. The highest BCUT2D eigenvalue weighted by Gasteiger charge is 2.23. The summed E-state index contributed by atoms with van der Waals surface area (Å²) in [6.45, 7) is 4.19. The highest BCUT2D eigenvalue weighted by molar-refractivity contribution is 6.30. The monoisotopic (exact) mass is 375 g/mol. The van der Waals surface area contributed by atoms with Crippen molar-refractivity contribution < 1.29 is 4.79 Å². The smallest absolute Gasteiger partial charge is 0.317 e. The van der Waals surface area contributed by atoms with Gasteiger partial charge in [0.2, 0.25) is 0 Å². The molecule has 140 valence electrons. The van der Waals surface area contributed by atoms with E-state index in [-0.39, 0.29) is 6.03 Å². The van der Waals surface area contributed by atoms with Crippen molar-refractivity contribution in [3.05, 3.63) is 47.7 Å². The molecule has 1 saturated heterocycles. The zero-order chi connectivity index (χ0) is 18.4. The summed E-state index contributed by atoms with van der Waals surface area (Å²) in [6, 6.07) is 9.85. The summed E-state index contributed by atoms with van der Waals surface area (Å²) in [7, 11) is 1.84. The van der Waals surface area contributed by atoms with Gasteiger partial charge in [-0.25, -0.2) is 4.79 Å². The number of aromatic nitrogens is 2. The van der Waals surface area contributed by atoms with Gasteiger partial charge in [-0.2, -0.15) is 5.10 Å². The van der Waals surface area contributed by atoms with Gasteiger partial charge in [-0.15, -0.1) is 0 Å². The number of nitrogens with one attached hydrogen (secondary N) is 1. The highest BCUT2D eigenvalue weighted by Crippen LogP contribution is 2.25. The van der Waals surface area contributed by atoms with Crippen molar-refractivity contribution in [3.63, 3.8) is 0 Å². The first-order valence-electron chi connectivity index (χ1n) is 9.09. The molecule has 0 spiro atoms. The van der Waals surface area contributed by atoms with Crippen LogP contribution in [0.2, 0.25) is 5.02 Å². The molecule has 0 unspecified atom stereocenters. The van der Waals surface area contributed by atoms with Crippen molar-refractivity contribution in [2.45, 2.75) is 19.4 Å². The fraction of sp³-hybridized carbons (Fsp3) is 0.474. The molecule has 1 aliphatic rings. The quantitative estimate of drug-likeness (QED) is 0.809. The van der Waals surface area contributed by atoms with Crippen LogP contribution in [0.15, 0.2) is 42.7 Å². The van der Waals surface area contributed by atoms with Gasteiger partial charge in [0.15, 0.2) is 0 Å². The number of carbonyl (C=O) groups excluding carboxylic acids is 1. The highest BCUT2D eigenvalue weighted by atomic mass is 35.5. The lowest BCUT2D eigenvalue weighted by molar-refractivity contribution is 0.205. The summed E-state index contributed by atoms with van der Waals surface area (Å²) in [4.78, 5) is 16.3. The number of aryl methyl sites for hydroxylation is 1. The molecule has 0 saturated carbocycles. The fourth-order valence-corrected chi connectivity index (χ4v) is 3.46. The second-order valence-electron chi connectivity index (χ2n) is 6.81. The molecule has 1 aromatic heterocycles. The molecule has 2 aromatic rings. The van der Waals surface area contributed by atoms with E-state index >= 15 is 0 Å². The number of benzene rings is 1. The van der Waals surface area contributed by atoms with Crippen LogP contribution >= 0.6 is 11.6 Å². The molecule has 2 amide bonds. The van der Waals surface area contributed by atoms with E-state index in [1.54, 1.807) is 11.1 Å². The van der Waals surface area contributed by atoms with E-state index in [4.69, 9.17) is 11.6 Å². The van der Waals surface area contributed by atoms with Crippen LogP contribution in [0.1, 0.15) is 12.8 Å². The molecular weight excluding hydrogens is 350 g/mol. The summed E-state index contributed by atoms with van der Waals surface area (Å²) in [5.41, 5.74) is 1.15. The first kappa shape index (κ1) is 18.6. The van der Waals surface area contributed by atoms with Gasteiger partial charge >= 0.3 is 6.03 Å². The van der Waals surface area contributed by atoms with E-state index in [0.29, 0.717) is 19.0 Å². The Morgan fingerprint density at radius 2 is 2.31 bits per heavy atom. The third-order valence-electron chi connectivity index (χ3n) is 4.79. The SMILES string of the molecule is CN(CCCn1cccn1)C(=O)NC[C@H]1CCN(c2cccc(Cl)c2)C1. The third-order valence-corrected chi connectivity index (χ3v) is 5.02. The van der Waals surface area contributed by atoms with E-state index in [9.17, 15) is 4.79 Å². The number of carbonyl (C=O) groups is 1. The Hall–Kier alpha value is -2.21. The van der Waals surface area contributed by atoms with Crippen molar-refractivity contribution in [1.29, 1.82) is 0 Å². The van der Waals surface area contributed by atoms with E-state index in [2.05, 4.69) is 21.4 Å². The molecule has 26 heavy (non-hydrogen) atoms. The number of rotatable bonds is 7. The maximum absolute atomic E-state index is 12.2. The zero-order valence-corrected chi connectivity index (χ0v) is 15.9. The first-order valence-corrected chi connectivity index (χ1v) is 9.46. The van der Waals surface area contributed by atoms with Crippen LogP contribution in [0.4, 0.5) is 10.5 Å². The van der Waals surface area contributed by atoms with Crippen molar-refractivity contribution in [2.75, 3.05) is 38.1 Å². The average Bonchev–Trinajstić information content (AvgIpc) is 3.31. The first-order chi connectivity index (χ1) is 12.6. The average molecular weight is 376 g/mol. The van der Waals surface area contributed by atoms with Gasteiger partial charge in [0.25, 0.3) is 0 Å². The standard InChI is InChI=1S/C19H26ClN5O/c1-23(9-4-11-25-10-3-8-22-25)19(26)21-14-16-7-12-24(15-16)18-6-2-5-17(20)13-18/h2-3,5-6,8,10,13,16H,4,7,9,11-12,14-15H2,1H3,(H,21,26)/t16-/m1/s1. The number of amides is 2. The van der Waals surface area contributed by atoms with Crippen LogP contribution in [-0.2, 0) is 6.54 Å². The predicted octanol–water partition coefficient (Wildman–Crippen LogP) is 3.09. The zero-order valence-electron chi connectivity index (χ0n) is 15.1. The maximum Gasteiger partial charge on any atom is 0.317 e. The largest absolute Gasteiger partial charge is 0.371 e. The van der Waals surface area contributed by atoms with Crippen molar-refractivity contribution in [1.82, 2.24) is 20.0 Å². The van der Waals surface area contributed by atoms with Gasteiger partial charge in [-0.3, -0.25) is 4.68 Å². The molecule has 0 radical (unpaired) electrons. The Balaban J connectivity index is 1.36. The molecule has 1 N–H and O–H groups in total. The Kier molecular flexibility index (Phi) is 6.39. The maximum atomic E-state index is 12.2.